The maximum absolute atomic E-state index is 5.73. The van der Waals surface area contributed by atoms with E-state index in [1.165, 1.54) is 29.7 Å². The minimum atomic E-state index is 0.541. The Labute approximate surface area is 163 Å². The number of likely N-dealkylation sites (tertiary alicyclic amines) is 1. The summed E-state index contributed by atoms with van der Waals surface area (Å²) in [5, 5.41) is 7.63. The number of nitrogens with one attached hydrogen (secondary N) is 1. The molecule has 2 heterocycles. The van der Waals surface area contributed by atoms with Crippen LogP contribution in [0.25, 0.3) is 0 Å². The number of piperidine rings is 1. The first-order valence-electron chi connectivity index (χ1n) is 10.1. The van der Waals surface area contributed by atoms with Crippen LogP contribution < -0.4 is 9.47 Å². The number of hydrogen-bond donors (Lipinski definition) is 1. The zero-order valence-corrected chi connectivity index (χ0v) is 17.1. The second-order valence-electron chi connectivity index (χ2n) is 7.90. The Hall–Kier alpha value is -2.01. The van der Waals surface area contributed by atoms with Crippen molar-refractivity contribution in [3.05, 3.63) is 41.2 Å². The summed E-state index contributed by atoms with van der Waals surface area (Å²) in [5.41, 5.74) is 4.00. The zero-order chi connectivity index (χ0) is 19.2. The fourth-order valence-corrected chi connectivity index (χ4v) is 4.06. The maximum atomic E-state index is 5.73. The van der Waals surface area contributed by atoms with Crippen LogP contribution in [0.15, 0.2) is 24.4 Å². The van der Waals surface area contributed by atoms with Crippen LogP contribution in [0.1, 0.15) is 56.4 Å². The van der Waals surface area contributed by atoms with Gasteiger partial charge in [0.1, 0.15) is 0 Å². The van der Waals surface area contributed by atoms with E-state index in [2.05, 4.69) is 41.1 Å². The third kappa shape index (κ3) is 5.04. The molecule has 2 aromatic rings. The van der Waals surface area contributed by atoms with Gasteiger partial charge in [-0.15, -0.1) is 0 Å². The lowest BCUT2D eigenvalue weighted by Crippen LogP contribution is -2.34. The first-order chi connectivity index (χ1) is 13.1. The highest BCUT2D eigenvalue weighted by atomic mass is 16.5. The molecule has 0 bridgehead atoms. The summed E-state index contributed by atoms with van der Waals surface area (Å²) in [4.78, 5) is 2.55. The second-order valence-corrected chi connectivity index (χ2v) is 7.90. The molecule has 1 aliphatic heterocycles. The maximum Gasteiger partial charge on any atom is 0.161 e. The monoisotopic (exact) mass is 371 g/mol. The quantitative estimate of drug-likeness (QED) is 0.747. The number of H-pyrrole nitrogens is 1. The molecular formula is C22H33N3O2. The van der Waals surface area contributed by atoms with E-state index in [4.69, 9.17) is 9.47 Å². The van der Waals surface area contributed by atoms with Crippen molar-refractivity contribution < 1.29 is 9.47 Å². The Morgan fingerprint density at radius 1 is 1.30 bits per heavy atom. The van der Waals surface area contributed by atoms with Gasteiger partial charge in [0.15, 0.2) is 11.5 Å². The molecule has 5 heteroatoms. The van der Waals surface area contributed by atoms with Gasteiger partial charge in [-0.2, -0.15) is 5.10 Å². The van der Waals surface area contributed by atoms with Gasteiger partial charge in [0, 0.05) is 24.7 Å². The largest absolute Gasteiger partial charge is 0.493 e. The average Bonchev–Trinajstić information content (AvgIpc) is 3.10. The van der Waals surface area contributed by atoms with Gasteiger partial charge in [0.05, 0.1) is 19.9 Å². The summed E-state index contributed by atoms with van der Waals surface area (Å²) in [7, 11) is 1.69. The molecule has 1 fully saturated rings. The molecule has 1 N–H and O–H groups in total. The summed E-state index contributed by atoms with van der Waals surface area (Å²) in [6.07, 6.45) is 5.57. The zero-order valence-electron chi connectivity index (χ0n) is 17.1. The van der Waals surface area contributed by atoms with E-state index in [9.17, 15) is 0 Å². The van der Waals surface area contributed by atoms with Crippen molar-refractivity contribution in [2.45, 2.75) is 52.5 Å². The summed E-state index contributed by atoms with van der Waals surface area (Å²) >= 11 is 0. The molecule has 0 spiro atoms. The van der Waals surface area contributed by atoms with Crippen molar-refractivity contribution in [3.8, 4) is 11.5 Å². The van der Waals surface area contributed by atoms with Crippen molar-refractivity contribution >= 4 is 0 Å². The van der Waals surface area contributed by atoms with Gasteiger partial charge < -0.3 is 9.47 Å². The van der Waals surface area contributed by atoms with E-state index in [0.29, 0.717) is 18.4 Å². The molecule has 148 valence electrons. The van der Waals surface area contributed by atoms with Crippen molar-refractivity contribution in [1.82, 2.24) is 15.1 Å². The van der Waals surface area contributed by atoms with Gasteiger partial charge in [-0.05, 0) is 61.9 Å². The summed E-state index contributed by atoms with van der Waals surface area (Å²) in [6, 6.07) is 6.27. The molecule has 0 radical (unpaired) electrons. The van der Waals surface area contributed by atoms with Crippen LogP contribution in [0.4, 0.5) is 0 Å². The van der Waals surface area contributed by atoms with E-state index in [1.807, 2.05) is 19.2 Å². The van der Waals surface area contributed by atoms with E-state index >= 15 is 0 Å². The van der Waals surface area contributed by atoms with Crippen molar-refractivity contribution in [2.24, 2.45) is 5.92 Å². The predicted molar refractivity (Wildman–Crippen MR) is 109 cm³/mol. The lowest BCUT2D eigenvalue weighted by molar-refractivity contribution is 0.197. The minimum absolute atomic E-state index is 0.541. The van der Waals surface area contributed by atoms with E-state index in [-0.39, 0.29) is 0 Å². The molecule has 0 unspecified atom stereocenters. The molecule has 0 amide bonds. The topological polar surface area (TPSA) is 50.4 Å². The molecule has 0 saturated carbocycles. The number of benzene rings is 1. The highest BCUT2D eigenvalue weighted by Crippen LogP contribution is 2.32. The number of aromatic amines is 1. The van der Waals surface area contributed by atoms with Crippen LogP contribution in [0.3, 0.4) is 0 Å². The van der Waals surface area contributed by atoms with Crippen molar-refractivity contribution in [1.29, 1.82) is 0 Å². The van der Waals surface area contributed by atoms with Crippen LogP contribution in [-0.2, 0) is 13.0 Å². The first kappa shape index (κ1) is 19.7. The summed E-state index contributed by atoms with van der Waals surface area (Å²) < 4.78 is 11.1. The molecule has 5 nitrogen and oxygen atoms in total. The lowest BCUT2D eigenvalue weighted by atomic mass is 9.90. The number of nitrogens with zero attached hydrogens (tertiary/aromatic N) is 2. The van der Waals surface area contributed by atoms with Crippen LogP contribution in [0.2, 0.25) is 0 Å². The molecule has 1 atom stereocenters. The SMILES string of the molecule is CCOc1cc(CN2CCC[C@@H](c3[nH]ncc3CC(C)C)C2)ccc1OC. The van der Waals surface area contributed by atoms with Crippen molar-refractivity contribution in [2.75, 3.05) is 26.8 Å². The van der Waals surface area contributed by atoms with Crippen LogP contribution in [0, 0.1) is 5.92 Å². The molecule has 1 aliphatic rings. The highest BCUT2D eigenvalue weighted by molar-refractivity contribution is 5.43. The van der Waals surface area contributed by atoms with Crippen molar-refractivity contribution in [3.63, 3.8) is 0 Å². The fourth-order valence-electron chi connectivity index (χ4n) is 4.06. The van der Waals surface area contributed by atoms with Crippen LogP contribution in [0.5, 0.6) is 11.5 Å². The summed E-state index contributed by atoms with van der Waals surface area (Å²) in [6.45, 7) is 10.3. The normalized spacial score (nSPS) is 18.0. The highest BCUT2D eigenvalue weighted by Gasteiger charge is 2.25. The smallest absolute Gasteiger partial charge is 0.161 e. The van der Waals surface area contributed by atoms with Gasteiger partial charge in [0.2, 0.25) is 0 Å². The van der Waals surface area contributed by atoms with Crippen LogP contribution >= 0.6 is 0 Å². The van der Waals surface area contributed by atoms with Gasteiger partial charge >= 0.3 is 0 Å². The molecule has 1 aromatic carbocycles. The third-order valence-electron chi connectivity index (χ3n) is 5.23. The Balaban J connectivity index is 1.68. The predicted octanol–water partition coefficient (Wildman–Crippen LogP) is 4.40. The van der Waals surface area contributed by atoms with Crippen LogP contribution in [-0.4, -0.2) is 41.9 Å². The van der Waals surface area contributed by atoms with E-state index < -0.39 is 0 Å². The number of ether oxygens (including phenoxy) is 2. The Morgan fingerprint density at radius 3 is 2.89 bits per heavy atom. The third-order valence-corrected chi connectivity index (χ3v) is 5.23. The van der Waals surface area contributed by atoms with Gasteiger partial charge in [-0.3, -0.25) is 10.00 Å². The van der Waals surface area contributed by atoms with Gasteiger partial charge in [-0.25, -0.2) is 0 Å². The van der Waals surface area contributed by atoms with E-state index in [0.717, 1.165) is 37.6 Å². The average molecular weight is 372 g/mol. The van der Waals surface area contributed by atoms with E-state index in [1.54, 1.807) is 7.11 Å². The Morgan fingerprint density at radius 2 is 2.15 bits per heavy atom. The molecule has 27 heavy (non-hydrogen) atoms. The Kier molecular flexibility index (Phi) is 6.78. The minimum Gasteiger partial charge on any atom is -0.493 e. The Bertz CT molecular complexity index is 726. The lowest BCUT2D eigenvalue weighted by Gasteiger charge is -2.33. The number of methoxy groups -OCH3 is 1. The second kappa shape index (κ2) is 9.27. The fraction of sp³-hybridized carbons (Fsp3) is 0.591. The molecule has 1 aromatic heterocycles. The molecular weight excluding hydrogens is 338 g/mol. The number of hydrogen-bond acceptors (Lipinski definition) is 4. The molecule has 3 rings (SSSR count). The molecule has 0 aliphatic carbocycles. The number of aromatic nitrogens is 2. The number of rotatable bonds is 8. The van der Waals surface area contributed by atoms with Gasteiger partial charge in [0.25, 0.3) is 0 Å². The standard InChI is InChI=1S/C22H33N3O2/c1-5-27-21-12-17(8-9-20(21)26-4)14-25-10-6-7-18(15-25)22-19(11-16(2)3)13-23-24-22/h8-9,12-13,16,18H,5-7,10-11,14-15H2,1-4H3,(H,23,24)/t18-/m1/s1. The van der Waals surface area contributed by atoms with Gasteiger partial charge in [-0.1, -0.05) is 19.9 Å². The first-order valence-corrected chi connectivity index (χ1v) is 10.1. The molecule has 1 saturated heterocycles. The summed E-state index contributed by atoms with van der Waals surface area (Å²) in [5.74, 6) is 2.82.